The lowest BCUT2D eigenvalue weighted by Crippen LogP contribution is -2.28. The van der Waals surface area contributed by atoms with Crippen LogP contribution in [-0.4, -0.2) is 39.2 Å². The van der Waals surface area contributed by atoms with Gasteiger partial charge in [0.25, 0.3) is 0 Å². The van der Waals surface area contributed by atoms with Gasteiger partial charge in [-0.25, -0.2) is 4.79 Å². The van der Waals surface area contributed by atoms with Crippen molar-refractivity contribution in [1.82, 2.24) is 0 Å². The van der Waals surface area contributed by atoms with E-state index in [0.717, 1.165) is 12.0 Å². The average molecular weight is 336 g/mol. The van der Waals surface area contributed by atoms with Gasteiger partial charge in [0.1, 0.15) is 5.25 Å². The Bertz CT molecular complexity index is 706. The highest BCUT2D eigenvalue weighted by molar-refractivity contribution is 7.87. The maximum absolute atomic E-state index is 13.0. The summed E-state index contributed by atoms with van der Waals surface area (Å²) in [5.74, 6) is -1.32. The number of amides is 1. The van der Waals surface area contributed by atoms with Gasteiger partial charge in [0.2, 0.25) is 5.91 Å². The Balaban J connectivity index is 2.43. The zero-order chi connectivity index (χ0) is 15.8. The van der Waals surface area contributed by atoms with Crippen molar-refractivity contribution in [3.63, 3.8) is 0 Å². The first-order valence-corrected chi connectivity index (χ1v) is 7.68. The fourth-order valence-corrected chi connectivity index (χ4v) is 2.95. The Morgan fingerprint density at radius 3 is 2.67 bits per heavy atom. The van der Waals surface area contributed by atoms with Crippen LogP contribution in [0.15, 0.2) is 18.2 Å². The summed E-state index contributed by atoms with van der Waals surface area (Å²) in [4.78, 5) is 24.7. The quantitative estimate of drug-likeness (QED) is 0.618. The molecule has 9 heteroatoms. The first-order valence-electron chi connectivity index (χ1n) is 5.85. The van der Waals surface area contributed by atoms with Crippen LogP contribution in [0.2, 0.25) is 5.02 Å². The number of halogens is 2. The normalized spacial score (nSPS) is 18.9. The van der Waals surface area contributed by atoms with Gasteiger partial charge in [-0.15, -0.1) is 3.89 Å². The summed E-state index contributed by atoms with van der Waals surface area (Å²) in [6, 6.07) is 4.13. The minimum Gasteiger partial charge on any atom is -0.465 e. The smallest absolute Gasteiger partial charge is 0.340 e. The number of carbonyl (C=O) groups excluding carboxylic acids is 2. The molecule has 0 saturated carbocycles. The van der Waals surface area contributed by atoms with Crippen molar-refractivity contribution in [2.24, 2.45) is 0 Å². The van der Waals surface area contributed by atoms with Gasteiger partial charge in [-0.3, -0.25) is 4.79 Å². The van der Waals surface area contributed by atoms with E-state index in [1.165, 1.54) is 18.2 Å². The standard InChI is InChI=1S/C12H11ClFNO5S/c1-20-12(17)9-4-7(13)2-3-10(9)15-6-8(5-11(15)16)21(14,18)19/h2-4,8H,5-6H2,1H3. The zero-order valence-electron chi connectivity index (χ0n) is 10.9. The van der Waals surface area contributed by atoms with Crippen LogP contribution in [0.3, 0.4) is 0 Å². The van der Waals surface area contributed by atoms with Crippen LogP contribution in [0.25, 0.3) is 0 Å². The number of carbonyl (C=O) groups is 2. The second-order valence-corrected chi connectivity index (χ2v) is 6.51. The number of ether oxygens (including phenoxy) is 1. The number of rotatable bonds is 3. The number of methoxy groups -OCH3 is 1. The molecule has 1 aromatic rings. The van der Waals surface area contributed by atoms with Crippen LogP contribution < -0.4 is 4.90 Å². The number of esters is 1. The van der Waals surface area contributed by atoms with E-state index in [1.54, 1.807) is 0 Å². The van der Waals surface area contributed by atoms with Gasteiger partial charge in [0.05, 0.1) is 18.4 Å². The molecule has 114 valence electrons. The molecule has 2 rings (SSSR count). The molecule has 21 heavy (non-hydrogen) atoms. The molecule has 1 aromatic carbocycles. The van der Waals surface area contributed by atoms with Crippen LogP contribution in [0.5, 0.6) is 0 Å². The molecule has 0 spiro atoms. The maximum atomic E-state index is 13.0. The van der Waals surface area contributed by atoms with E-state index < -0.39 is 33.8 Å². The molecule has 1 unspecified atom stereocenters. The minimum atomic E-state index is -4.83. The van der Waals surface area contributed by atoms with E-state index in [1.807, 2.05) is 0 Å². The van der Waals surface area contributed by atoms with Crippen molar-refractivity contribution < 1.29 is 26.6 Å². The Morgan fingerprint density at radius 2 is 2.14 bits per heavy atom. The Morgan fingerprint density at radius 1 is 1.48 bits per heavy atom. The predicted octanol–water partition coefficient (Wildman–Crippen LogP) is 1.53. The largest absolute Gasteiger partial charge is 0.465 e. The highest BCUT2D eigenvalue weighted by Crippen LogP contribution is 2.30. The second-order valence-electron chi connectivity index (χ2n) is 4.46. The second kappa shape index (κ2) is 5.61. The van der Waals surface area contributed by atoms with Crippen LogP contribution >= 0.6 is 11.6 Å². The number of hydrogen-bond acceptors (Lipinski definition) is 5. The highest BCUT2D eigenvalue weighted by atomic mass is 35.5. The lowest BCUT2D eigenvalue weighted by atomic mass is 10.1. The maximum Gasteiger partial charge on any atom is 0.340 e. The predicted molar refractivity (Wildman–Crippen MR) is 73.6 cm³/mol. The van der Waals surface area contributed by atoms with Crippen LogP contribution in [-0.2, 0) is 19.8 Å². The molecule has 0 aromatic heterocycles. The van der Waals surface area contributed by atoms with Crippen molar-refractivity contribution in [2.45, 2.75) is 11.7 Å². The molecule has 1 aliphatic rings. The van der Waals surface area contributed by atoms with E-state index in [0.29, 0.717) is 0 Å². The monoisotopic (exact) mass is 335 g/mol. The van der Waals surface area contributed by atoms with Crippen molar-refractivity contribution in [1.29, 1.82) is 0 Å². The molecule has 1 heterocycles. The molecule has 6 nitrogen and oxygen atoms in total. The molecule has 1 amide bonds. The molecule has 0 bridgehead atoms. The molecular formula is C12H11ClFNO5S. The van der Waals surface area contributed by atoms with Crippen molar-refractivity contribution in [3.05, 3.63) is 28.8 Å². The lowest BCUT2D eigenvalue weighted by Gasteiger charge is -2.19. The third kappa shape index (κ3) is 3.16. The fourth-order valence-electron chi connectivity index (χ4n) is 2.11. The minimum absolute atomic E-state index is 0.00950. The van der Waals surface area contributed by atoms with E-state index in [-0.39, 0.29) is 22.8 Å². The summed E-state index contributed by atoms with van der Waals surface area (Å²) < 4.78 is 39.5. The van der Waals surface area contributed by atoms with Crippen LogP contribution in [0.1, 0.15) is 16.8 Å². The molecule has 0 N–H and O–H groups in total. The van der Waals surface area contributed by atoms with Gasteiger partial charge in [-0.2, -0.15) is 8.42 Å². The van der Waals surface area contributed by atoms with Crippen LogP contribution in [0, 0.1) is 0 Å². The summed E-state index contributed by atoms with van der Waals surface area (Å²) in [7, 11) is -3.67. The summed E-state index contributed by atoms with van der Waals surface area (Å²) in [6.07, 6.45) is -0.470. The van der Waals surface area contributed by atoms with Crippen molar-refractivity contribution in [3.8, 4) is 0 Å². The van der Waals surface area contributed by atoms with Crippen molar-refractivity contribution in [2.75, 3.05) is 18.6 Å². The summed E-state index contributed by atoms with van der Waals surface area (Å²) in [5, 5.41) is -1.19. The first kappa shape index (κ1) is 15.7. The van der Waals surface area contributed by atoms with Gasteiger partial charge in [-0.1, -0.05) is 11.6 Å². The fraction of sp³-hybridized carbons (Fsp3) is 0.333. The number of benzene rings is 1. The van der Waals surface area contributed by atoms with Gasteiger partial charge < -0.3 is 9.64 Å². The van der Waals surface area contributed by atoms with E-state index in [4.69, 9.17) is 11.6 Å². The summed E-state index contributed by atoms with van der Waals surface area (Å²) in [5.41, 5.74) is 0.151. The van der Waals surface area contributed by atoms with E-state index in [2.05, 4.69) is 4.74 Å². The van der Waals surface area contributed by atoms with Gasteiger partial charge in [0, 0.05) is 18.0 Å². The third-order valence-corrected chi connectivity index (χ3v) is 4.49. The zero-order valence-corrected chi connectivity index (χ0v) is 12.4. The Kier molecular flexibility index (Phi) is 4.20. The number of hydrogen-bond donors (Lipinski definition) is 0. The molecule has 0 aliphatic carbocycles. The Hall–Kier alpha value is -1.67. The first-order chi connectivity index (χ1) is 9.74. The average Bonchev–Trinajstić information content (AvgIpc) is 2.80. The topological polar surface area (TPSA) is 80.8 Å². The van der Waals surface area contributed by atoms with E-state index >= 15 is 0 Å². The van der Waals surface area contributed by atoms with Gasteiger partial charge >= 0.3 is 16.2 Å². The molecule has 1 saturated heterocycles. The number of anilines is 1. The van der Waals surface area contributed by atoms with Crippen LogP contribution in [0.4, 0.5) is 9.57 Å². The highest BCUT2D eigenvalue weighted by Gasteiger charge is 2.40. The number of nitrogens with zero attached hydrogens (tertiary/aromatic N) is 1. The van der Waals surface area contributed by atoms with Crippen molar-refractivity contribution >= 4 is 39.4 Å². The molecule has 1 fully saturated rings. The van der Waals surface area contributed by atoms with E-state index in [9.17, 15) is 21.9 Å². The summed E-state index contributed by atoms with van der Waals surface area (Å²) >= 11 is 5.80. The molecule has 1 atom stereocenters. The third-order valence-electron chi connectivity index (χ3n) is 3.14. The molecule has 1 aliphatic heterocycles. The molecular weight excluding hydrogens is 325 g/mol. The molecule has 0 radical (unpaired) electrons. The lowest BCUT2D eigenvalue weighted by molar-refractivity contribution is -0.117. The SMILES string of the molecule is COC(=O)c1cc(Cl)ccc1N1CC(S(=O)(=O)F)CC1=O. The van der Waals surface area contributed by atoms with Gasteiger partial charge in [0.15, 0.2) is 0 Å². The van der Waals surface area contributed by atoms with Gasteiger partial charge in [-0.05, 0) is 18.2 Å². The Labute approximate surface area is 125 Å². The summed E-state index contributed by atoms with van der Waals surface area (Å²) in [6.45, 7) is -0.358.